The van der Waals surface area contributed by atoms with Gasteiger partial charge in [-0.15, -0.1) is 0 Å². The Bertz CT molecular complexity index is 545. The molecule has 0 amide bonds. The van der Waals surface area contributed by atoms with Crippen LogP contribution in [0.15, 0.2) is 42.5 Å². The van der Waals surface area contributed by atoms with E-state index in [1.165, 1.54) is 7.11 Å². The molecule has 0 unspecified atom stereocenters. The molecule has 2 rings (SSSR count). The van der Waals surface area contributed by atoms with Crippen LogP contribution in [0.4, 0.5) is 10.1 Å². The lowest BCUT2D eigenvalue weighted by atomic mass is 10.2. The minimum Gasteiger partial charge on any atom is -0.494 e. The van der Waals surface area contributed by atoms with Crippen molar-refractivity contribution in [2.75, 3.05) is 12.4 Å². The summed E-state index contributed by atoms with van der Waals surface area (Å²) >= 11 is 2.24. The molecule has 0 saturated heterocycles. The largest absolute Gasteiger partial charge is 0.494 e. The molecule has 1 N–H and O–H groups in total. The van der Waals surface area contributed by atoms with Crippen molar-refractivity contribution in [3.8, 4) is 5.75 Å². The second-order valence-corrected chi connectivity index (χ2v) is 5.04. The van der Waals surface area contributed by atoms with E-state index < -0.39 is 0 Å². The molecule has 2 aromatic rings. The third-order valence-corrected chi connectivity index (χ3v) is 3.24. The number of ether oxygens (including phenoxy) is 1. The first-order chi connectivity index (χ1) is 8.70. The third kappa shape index (κ3) is 3.13. The SMILES string of the molecule is COc1cccc(CNc2cccc(I)c2)c1F. The Morgan fingerprint density at radius 1 is 1.22 bits per heavy atom. The zero-order valence-corrected chi connectivity index (χ0v) is 12.1. The van der Waals surface area contributed by atoms with E-state index in [2.05, 4.69) is 27.9 Å². The first kappa shape index (κ1) is 13.1. The predicted molar refractivity (Wildman–Crippen MR) is 79.4 cm³/mol. The summed E-state index contributed by atoms with van der Waals surface area (Å²) in [6, 6.07) is 13.1. The smallest absolute Gasteiger partial charge is 0.170 e. The molecule has 0 heterocycles. The van der Waals surface area contributed by atoms with Crippen LogP contribution in [-0.4, -0.2) is 7.11 Å². The van der Waals surface area contributed by atoms with Crippen molar-refractivity contribution in [1.82, 2.24) is 0 Å². The highest BCUT2D eigenvalue weighted by atomic mass is 127. The molecule has 0 aliphatic rings. The van der Waals surface area contributed by atoms with Gasteiger partial charge in [0.15, 0.2) is 11.6 Å². The summed E-state index contributed by atoms with van der Waals surface area (Å²) in [7, 11) is 1.47. The predicted octanol–water partition coefficient (Wildman–Crippen LogP) is 4.05. The number of halogens is 2. The molecule has 0 aromatic heterocycles. The molecule has 2 aromatic carbocycles. The van der Waals surface area contributed by atoms with Gasteiger partial charge in [-0.2, -0.15) is 0 Å². The summed E-state index contributed by atoms with van der Waals surface area (Å²) in [5, 5.41) is 3.19. The van der Waals surface area contributed by atoms with Gasteiger partial charge in [-0.1, -0.05) is 18.2 Å². The maximum absolute atomic E-state index is 13.9. The maximum atomic E-state index is 13.9. The molecule has 0 saturated carbocycles. The van der Waals surface area contributed by atoms with Crippen LogP contribution in [0.1, 0.15) is 5.56 Å². The lowest BCUT2D eigenvalue weighted by Gasteiger charge is -2.09. The first-order valence-corrected chi connectivity index (χ1v) is 6.59. The van der Waals surface area contributed by atoms with E-state index in [1.807, 2.05) is 24.3 Å². The van der Waals surface area contributed by atoms with Crippen molar-refractivity contribution in [2.45, 2.75) is 6.54 Å². The molecule has 0 fully saturated rings. The number of nitrogens with one attached hydrogen (secondary N) is 1. The summed E-state index contributed by atoms with van der Waals surface area (Å²) in [6.07, 6.45) is 0. The topological polar surface area (TPSA) is 21.3 Å². The van der Waals surface area contributed by atoms with Crippen LogP contribution in [0.25, 0.3) is 0 Å². The molecule has 2 nitrogen and oxygen atoms in total. The number of benzene rings is 2. The molecular weight excluding hydrogens is 344 g/mol. The van der Waals surface area contributed by atoms with Gasteiger partial charge in [0.2, 0.25) is 0 Å². The second kappa shape index (κ2) is 6.04. The number of methoxy groups -OCH3 is 1. The van der Waals surface area contributed by atoms with Gasteiger partial charge < -0.3 is 10.1 Å². The fraction of sp³-hybridized carbons (Fsp3) is 0.143. The molecule has 0 radical (unpaired) electrons. The Morgan fingerprint density at radius 3 is 2.72 bits per heavy atom. The monoisotopic (exact) mass is 357 g/mol. The molecule has 18 heavy (non-hydrogen) atoms. The normalized spacial score (nSPS) is 10.2. The van der Waals surface area contributed by atoms with Gasteiger partial charge in [-0.25, -0.2) is 4.39 Å². The van der Waals surface area contributed by atoms with E-state index in [9.17, 15) is 4.39 Å². The molecule has 94 valence electrons. The van der Waals surface area contributed by atoms with Gasteiger partial charge in [-0.05, 0) is 46.9 Å². The average Bonchev–Trinajstić information content (AvgIpc) is 2.38. The Balaban J connectivity index is 2.11. The Morgan fingerprint density at radius 2 is 2.00 bits per heavy atom. The van der Waals surface area contributed by atoms with Crippen LogP contribution in [0.2, 0.25) is 0 Å². The fourth-order valence-electron chi connectivity index (χ4n) is 1.65. The van der Waals surface area contributed by atoms with Gasteiger partial charge in [0.05, 0.1) is 7.11 Å². The zero-order valence-electron chi connectivity index (χ0n) is 9.91. The summed E-state index contributed by atoms with van der Waals surface area (Å²) in [4.78, 5) is 0. The van der Waals surface area contributed by atoms with Crippen molar-refractivity contribution in [3.63, 3.8) is 0 Å². The lowest BCUT2D eigenvalue weighted by molar-refractivity contribution is 0.384. The van der Waals surface area contributed by atoms with E-state index in [0.29, 0.717) is 12.1 Å². The van der Waals surface area contributed by atoms with Crippen molar-refractivity contribution in [2.24, 2.45) is 0 Å². The lowest BCUT2D eigenvalue weighted by Crippen LogP contribution is -2.03. The molecule has 0 spiro atoms. The maximum Gasteiger partial charge on any atom is 0.170 e. The fourth-order valence-corrected chi connectivity index (χ4v) is 2.19. The summed E-state index contributed by atoms with van der Waals surface area (Å²) in [5.41, 5.74) is 1.57. The molecule has 0 bridgehead atoms. The minimum absolute atomic E-state index is 0.275. The van der Waals surface area contributed by atoms with Gasteiger partial charge in [-0.3, -0.25) is 0 Å². The van der Waals surface area contributed by atoms with Crippen LogP contribution < -0.4 is 10.1 Å². The highest BCUT2D eigenvalue weighted by Gasteiger charge is 2.07. The van der Waals surface area contributed by atoms with Crippen molar-refractivity contribution < 1.29 is 9.13 Å². The van der Waals surface area contributed by atoms with Gasteiger partial charge in [0.1, 0.15) is 0 Å². The minimum atomic E-state index is -0.307. The van der Waals surface area contributed by atoms with Gasteiger partial charge in [0, 0.05) is 21.4 Å². The summed E-state index contributed by atoms with van der Waals surface area (Å²) in [5.74, 6) is -0.0323. The van der Waals surface area contributed by atoms with E-state index in [0.717, 1.165) is 9.26 Å². The second-order valence-electron chi connectivity index (χ2n) is 3.80. The van der Waals surface area contributed by atoms with Crippen molar-refractivity contribution in [3.05, 3.63) is 57.4 Å². The number of anilines is 1. The highest BCUT2D eigenvalue weighted by molar-refractivity contribution is 14.1. The molecule has 0 aliphatic heterocycles. The molecule has 0 aliphatic carbocycles. The van der Waals surface area contributed by atoms with E-state index >= 15 is 0 Å². The van der Waals surface area contributed by atoms with E-state index in [1.54, 1.807) is 18.2 Å². The molecular formula is C14H13FINO. The van der Waals surface area contributed by atoms with E-state index in [4.69, 9.17) is 4.74 Å². The van der Waals surface area contributed by atoms with Gasteiger partial charge >= 0.3 is 0 Å². The Hall–Kier alpha value is -1.30. The standard InChI is InChI=1S/C14H13FINO/c1-18-13-7-2-4-10(14(13)15)9-17-12-6-3-5-11(16)8-12/h2-8,17H,9H2,1H3. The first-order valence-electron chi connectivity index (χ1n) is 5.51. The number of rotatable bonds is 4. The van der Waals surface area contributed by atoms with Crippen molar-refractivity contribution >= 4 is 28.3 Å². The van der Waals surface area contributed by atoms with Crippen molar-refractivity contribution in [1.29, 1.82) is 0 Å². The summed E-state index contributed by atoms with van der Waals surface area (Å²) < 4.78 is 20.0. The highest BCUT2D eigenvalue weighted by Crippen LogP contribution is 2.21. The Kier molecular flexibility index (Phi) is 4.41. The third-order valence-electron chi connectivity index (χ3n) is 2.57. The van der Waals surface area contributed by atoms with Crippen LogP contribution in [-0.2, 0) is 6.54 Å². The average molecular weight is 357 g/mol. The van der Waals surface area contributed by atoms with Crippen LogP contribution in [0.5, 0.6) is 5.75 Å². The summed E-state index contributed by atoms with van der Waals surface area (Å²) in [6.45, 7) is 0.434. The van der Waals surface area contributed by atoms with E-state index in [-0.39, 0.29) is 11.6 Å². The number of hydrogen-bond acceptors (Lipinski definition) is 2. The van der Waals surface area contributed by atoms with Crippen LogP contribution in [0, 0.1) is 9.39 Å². The quantitative estimate of drug-likeness (QED) is 0.834. The van der Waals surface area contributed by atoms with Crippen LogP contribution in [0.3, 0.4) is 0 Å². The number of hydrogen-bond donors (Lipinski definition) is 1. The van der Waals surface area contributed by atoms with Crippen LogP contribution >= 0.6 is 22.6 Å². The zero-order chi connectivity index (χ0) is 13.0. The van der Waals surface area contributed by atoms with Gasteiger partial charge in [0.25, 0.3) is 0 Å². The molecule has 4 heteroatoms. The Labute approximate surface area is 119 Å². The molecule has 0 atom stereocenters.